The quantitative estimate of drug-likeness (QED) is 0.354. The molecule has 0 bridgehead atoms. The highest BCUT2D eigenvalue weighted by atomic mass is 16.5. The number of carbonyl (C=O) groups is 1. The Labute approximate surface area is 196 Å². The zero-order valence-corrected chi connectivity index (χ0v) is 20.2. The summed E-state index contributed by atoms with van der Waals surface area (Å²) >= 11 is 0. The molecule has 1 atom stereocenters. The zero-order chi connectivity index (χ0) is 23.8. The standard InChI is InChI=1S/C27H35N3O3/c1-5-8-13-19-29(25(31)14-6-2)20(4)26-28-22-16-10-9-15-21(22)27(32)30(26)23-17-11-12-18-24(23)33-7-3/h9-12,15-18,20H,5-8,13-14,19H2,1-4H3. The summed E-state index contributed by atoms with van der Waals surface area (Å²) in [6, 6.07) is 14.5. The first kappa shape index (κ1) is 24.5. The summed E-state index contributed by atoms with van der Waals surface area (Å²) in [5.41, 5.74) is 1.11. The number of hydrogen-bond donors (Lipinski definition) is 0. The van der Waals surface area contributed by atoms with Gasteiger partial charge in [0.25, 0.3) is 5.56 Å². The topological polar surface area (TPSA) is 64.4 Å². The number of fused-ring (bicyclic) bond motifs is 1. The molecule has 1 unspecified atom stereocenters. The second-order valence-electron chi connectivity index (χ2n) is 8.25. The van der Waals surface area contributed by atoms with E-state index in [-0.39, 0.29) is 17.5 Å². The first-order chi connectivity index (χ1) is 16.0. The summed E-state index contributed by atoms with van der Waals surface area (Å²) in [6.07, 6.45) is 4.30. The zero-order valence-electron chi connectivity index (χ0n) is 20.2. The number of ether oxygens (including phenoxy) is 1. The van der Waals surface area contributed by atoms with Crippen LogP contribution in [0.1, 0.15) is 71.7 Å². The van der Waals surface area contributed by atoms with Crippen LogP contribution in [-0.4, -0.2) is 33.5 Å². The molecule has 0 saturated carbocycles. The Balaban J connectivity index is 2.23. The number of benzene rings is 2. The number of para-hydroxylation sites is 3. The van der Waals surface area contributed by atoms with Gasteiger partial charge in [-0.2, -0.15) is 0 Å². The monoisotopic (exact) mass is 449 g/mol. The summed E-state index contributed by atoms with van der Waals surface area (Å²) < 4.78 is 7.48. The molecule has 6 heteroatoms. The van der Waals surface area contributed by atoms with Crippen molar-refractivity contribution in [1.82, 2.24) is 14.5 Å². The Morgan fingerprint density at radius 3 is 2.48 bits per heavy atom. The lowest BCUT2D eigenvalue weighted by molar-refractivity contribution is -0.133. The lowest BCUT2D eigenvalue weighted by Crippen LogP contribution is -2.38. The fourth-order valence-electron chi connectivity index (χ4n) is 4.15. The Morgan fingerprint density at radius 2 is 1.76 bits per heavy atom. The molecule has 0 saturated heterocycles. The molecule has 2 aromatic carbocycles. The molecule has 0 aliphatic rings. The summed E-state index contributed by atoms with van der Waals surface area (Å²) in [5.74, 6) is 1.25. The van der Waals surface area contributed by atoms with Gasteiger partial charge < -0.3 is 9.64 Å². The number of nitrogens with zero attached hydrogens (tertiary/aromatic N) is 3. The van der Waals surface area contributed by atoms with E-state index in [9.17, 15) is 9.59 Å². The van der Waals surface area contributed by atoms with E-state index in [2.05, 4.69) is 6.92 Å². The molecule has 0 fully saturated rings. The molecule has 3 aromatic rings. The Hall–Kier alpha value is -3.15. The number of hydrogen-bond acceptors (Lipinski definition) is 4. The van der Waals surface area contributed by atoms with Crippen molar-refractivity contribution >= 4 is 16.8 Å². The van der Waals surface area contributed by atoms with Crippen molar-refractivity contribution in [3.8, 4) is 11.4 Å². The largest absolute Gasteiger partial charge is 0.492 e. The van der Waals surface area contributed by atoms with Gasteiger partial charge in [0, 0.05) is 13.0 Å². The third kappa shape index (κ3) is 5.44. The number of carbonyl (C=O) groups excluding carboxylic acids is 1. The lowest BCUT2D eigenvalue weighted by Gasteiger charge is -2.31. The van der Waals surface area contributed by atoms with Gasteiger partial charge in [-0.3, -0.25) is 14.2 Å². The van der Waals surface area contributed by atoms with Gasteiger partial charge in [0.05, 0.1) is 29.2 Å². The smallest absolute Gasteiger partial charge is 0.266 e. The van der Waals surface area contributed by atoms with Crippen LogP contribution in [0.5, 0.6) is 5.75 Å². The van der Waals surface area contributed by atoms with Gasteiger partial charge in [-0.25, -0.2) is 4.98 Å². The minimum absolute atomic E-state index is 0.0909. The SMILES string of the molecule is CCCCCN(C(=O)CCC)C(C)c1nc2ccccc2c(=O)n1-c1ccccc1OCC. The second kappa shape index (κ2) is 11.6. The Morgan fingerprint density at radius 1 is 1.03 bits per heavy atom. The van der Waals surface area contributed by atoms with Crippen molar-refractivity contribution < 1.29 is 9.53 Å². The van der Waals surface area contributed by atoms with Gasteiger partial charge in [-0.15, -0.1) is 0 Å². The highest BCUT2D eigenvalue weighted by Gasteiger charge is 2.27. The van der Waals surface area contributed by atoms with Crippen LogP contribution in [0.3, 0.4) is 0 Å². The average molecular weight is 450 g/mol. The van der Waals surface area contributed by atoms with Crippen LogP contribution >= 0.6 is 0 Å². The highest BCUT2D eigenvalue weighted by Crippen LogP contribution is 2.28. The van der Waals surface area contributed by atoms with Gasteiger partial charge in [0.15, 0.2) is 0 Å². The third-order valence-corrected chi connectivity index (χ3v) is 5.84. The van der Waals surface area contributed by atoms with Crippen molar-refractivity contribution in [2.75, 3.05) is 13.2 Å². The van der Waals surface area contributed by atoms with E-state index in [1.165, 1.54) is 0 Å². The Bertz CT molecular complexity index is 1140. The van der Waals surface area contributed by atoms with E-state index in [1.807, 2.05) is 68.1 Å². The van der Waals surface area contributed by atoms with Gasteiger partial charge in [-0.1, -0.05) is 51.0 Å². The first-order valence-corrected chi connectivity index (χ1v) is 12.1. The minimum atomic E-state index is -0.368. The van der Waals surface area contributed by atoms with E-state index in [0.717, 1.165) is 25.7 Å². The summed E-state index contributed by atoms with van der Waals surface area (Å²) in [7, 11) is 0. The molecular weight excluding hydrogens is 414 g/mol. The van der Waals surface area contributed by atoms with Crippen LogP contribution in [0.15, 0.2) is 53.3 Å². The predicted octanol–water partition coefficient (Wildman–Crippen LogP) is 5.66. The van der Waals surface area contributed by atoms with E-state index in [0.29, 0.717) is 47.7 Å². The van der Waals surface area contributed by atoms with Gasteiger partial charge in [0.2, 0.25) is 5.91 Å². The van der Waals surface area contributed by atoms with Crippen LogP contribution in [0.4, 0.5) is 0 Å². The van der Waals surface area contributed by atoms with Crippen molar-refractivity contribution in [2.45, 2.75) is 65.8 Å². The molecule has 0 spiro atoms. The van der Waals surface area contributed by atoms with Crippen molar-refractivity contribution in [3.63, 3.8) is 0 Å². The number of rotatable bonds is 11. The second-order valence-corrected chi connectivity index (χ2v) is 8.25. The molecule has 0 aliphatic heterocycles. The maximum absolute atomic E-state index is 13.8. The average Bonchev–Trinajstić information content (AvgIpc) is 2.82. The van der Waals surface area contributed by atoms with E-state index < -0.39 is 0 Å². The highest BCUT2D eigenvalue weighted by molar-refractivity contribution is 5.79. The fourth-order valence-corrected chi connectivity index (χ4v) is 4.15. The van der Waals surface area contributed by atoms with Crippen LogP contribution in [0.2, 0.25) is 0 Å². The van der Waals surface area contributed by atoms with Crippen LogP contribution < -0.4 is 10.3 Å². The van der Waals surface area contributed by atoms with E-state index >= 15 is 0 Å². The molecule has 6 nitrogen and oxygen atoms in total. The van der Waals surface area contributed by atoms with Crippen LogP contribution in [0.25, 0.3) is 16.6 Å². The molecule has 0 radical (unpaired) electrons. The maximum atomic E-state index is 13.8. The molecule has 1 heterocycles. The minimum Gasteiger partial charge on any atom is -0.492 e. The fraction of sp³-hybridized carbons (Fsp3) is 0.444. The predicted molar refractivity (Wildman–Crippen MR) is 133 cm³/mol. The van der Waals surface area contributed by atoms with Gasteiger partial charge in [-0.05, 0) is 51.0 Å². The third-order valence-electron chi connectivity index (χ3n) is 5.84. The van der Waals surface area contributed by atoms with Crippen molar-refractivity contribution in [1.29, 1.82) is 0 Å². The number of amides is 1. The molecular formula is C27H35N3O3. The molecule has 176 valence electrons. The van der Waals surface area contributed by atoms with Crippen molar-refractivity contribution in [2.24, 2.45) is 0 Å². The number of unbranched alkanes of at least 4 members (excludes halogenated alkanes) is 2. The van der Waals surface area contributed by atoms with Gasteiger partial charge in [0.1, 0.15) is 11.6 Å². The van der Waals surface area contributed by atoms with Crippen molar-refractivity contribution in [3.05, 3.63) is 64.7 Å². The van der Waals surface area contributed by atoms with E-state index in [4.69, 9.17) is 9.72 Å². The van der Waals surface area contributed by atoms with Crippen LogP contribution in [-0.2, 0) is 4.79 Å². The normalized spacial score (nSPS) is 12.0. The maximum Gasteiger partial charge on any atom is 0.266 e. The molecule has 3 rings (SSSR count). The number of aromatic nitrogens is 2. The molecule has 1 amide bonds. The summed E-state index contributed by atoms with van der Waals surface area (Å²) in [5, 5.41) is 0.539. The van der Waals surface area contributed by atoms with Crippen LogP contribution in [0, 0.1) is 0 Å². The van der Waals surface area contributed by atoms with Gasteiger partial charge >= 0.3 is 0 Å². The summed E-state index contributed by atoms with van der Waals surface area (Å²) in [6.45, 7) is 9.17. The molecule has 0 N–H and O–H groups in total. The molecule has 33 heavy (non-hydrogen) atoms. The van der Waals surface area contributed by atoms with E-state index in [1.54, 1.807) is 10.6 Å². The first-order valence-electron chi connectivity index (χ1n) is 12.1. The Kier molecular flexibility index (Phi) is 8.64. The molecule has 0 aliphatic carbocycles. The summed E-state index contributed by atoms with van der Waals surface area (Å²) in [4.78, 5) is 33.7. The lowest BCUT2D eigenvalue weighted by atomic mass is 10.1. The molecule has 1 aromatic heterocycles.